The minimum absolute atomic E-state index is 0.0827. The molecule has 0 bridgehead atoms. The Labute approximate surface area is 147 Å². The number of nitrogens with one attached hydrogen (secondary N) is 2. The number of hydrogen-bond donors (Lipinski definition) is 2. The summed E-state index contributed by atoms with van der Waals surface area (Å²) in [5.41, 5.74) is 1.56. The lowest BCUT2D eigenvalue weighted by molar-refractivity contribution is -0.124. The van der Waals surface area contributed by atoms with Gasteiger partial charge in [-0.2, -0.15) is 0 Å². The van der Waals surface area contributed by atoms with E-state index in [1.807, 2.05) is 6.07 Å². The van der Waals surface area contributed by atoms with Gasteiger partial charge in [0.2, 0.25) is 5.91 Å². The van der Waals surface area contributed by atoms with E-state index in [9.17, 15) is 4.79 Å². The van der Waals surface area contributed by atoms with E-state index >= 15 is 0 Å². The molecular formula is C20H24N2OS. The molecule has 126 valence electrons. The van der Waals surface area contributed by atoms with E-state index in [2.05, 4.69) is 52.4 Å². The number of amides is 1. The van der Waals surface area contributed by atoms with Crippen molar-refractivity contribution in [2.75, 3.05) is 13.1 Å². The summed E-state index contributed by atoms with van der Waals surface area (Å²) >= 11 is 1.73. The number of rotatable bonds is 5. The zero-order chi connectivity index (χ0) is 16.4. The van der Waals surface area contributed by atoms with Crippen LogP contribution in [-0.2, 0) is 11.2 Å². The number of thiophene rings is 1. The van der Waals surface area contributed by atoms with Crippen LogP contribution in [0.15, 0.2) is 47.8 Å². The van der Waals surface area contributed by atoms with Crippen LogP contribution in [0.1, 0.15) is 35.7 Å². The number of benzene rings is 1. The second kappa shape index (κ2) is 6.69. The van der Waals surface area contributed by atoms with Gasteiger partial charge < -0.3 is 10.6 Å². The number of carbonyl (C=O) groups excluding carboxylic acids is 1. The Kier molecular flexibility index (Phi) is 4.42. The van der Waals surface area contributed by atoms with Crippen molar-refractivity contribution in [3.8, 4) is 0 Å². The van der Waals surface area contributed by atoms with E-state index in [0.29, 0.717) is 5.41 Å². The second-order valence-electron chi connectivity index (χ2n) is 7.14. The highest BCUT2D eigenvalue weighted by molar-refractivity contribution is 7.10. The molecule has 2 unspecified atom stereocenters. The van der Waals surface area contributed by atoms with Crippen molar-refractivity contribution in [2.24, 2.45) is 11.3 Å². The summed E-state index contributed by atoms with van der Waals surface area (Å²) in [7, 11) is 0. The Morgan fingerprint density at radius 2 is 2.00 bits per heavy atom. The van der Waals surface area contributed by atoms with Crippen LogP contribution in [0.25, 0.3) is 0 Å². The smallest absolute Gasteiger partial charge is 0.224 e. The van der Waals surface area contributed by atoms with Crippen LogP contribution in [0.4, 0.5) is 0 Å². The van der Waals surface area contributed by atoms with Crippen molar-refractivity contribution in [1.82, 2.24) is 10.6 Å². The van der Waals surface area contributed by atoms with Gasteiger partial charge in [-0.25, -0.2) is 0 Å². The third-order valence-electron chi connectivity index (χ3n) is 5.59. The maximum atomic E-state index is 12.8. The van der Waals surface area contributed by atoms with E-state index in [0.717, 1.165) is 38.8 Å². The Hall–Kier alpha value is -1.65. The lowest BCUT2D eigenvalue weighted by Gasteiger charge is -2.24. The minimum Gasteiger partial charge on any atom is -0.348 e. The second-order valence-corrected chi connectivity index (χ2v) is 8.11. The summed E-state index contributed by atoms with van der Waals surface area (Å²) < 4.78 is 0. The van der Waals surface area contributed by atoms with Crippen LogP contribution in [0.2, 0.25) is 0 Å². The highest BCUT2D eigenvalue weighted by atomic mass is 32.1. The molecule has 0 radical (unpaired) electrons. The minimum atomic E-state index is 0.0827. The summed E-state index contributed by atoms with van der Waals surface area (Å²) in [5, 5.41) is 8.85. The quantitative estimate of drug-likeness (QED) is 0.874. The Morgan fingerprint density at radius 1 is 1.21 bits per heavy atom. The predicted molar refractivity (Wildman–Crippen MR) is 98.0 cm³/mol. The van der Waals surface area contributed by atoms with Gasteiger partial charge in [0.25, 0.3) is 0 Å². The molecule has 2 fully saturated rings. The van der Waals surface area contributed by atoms with Crippen LogP contribution in [0.3, 0.4) is 0 Å². The fourth-order valence-electron chi connectivity index (χ4n) is 4.03. The predicted octanol–water partition coefficient (Wildman–Crippen LogP) is 3.54. The third-order valence-corrected chi connectivity index (χ3v) is 6.58. The molecular weight excluding hydrogens is 316 g/mol. The summed E-state index contributed by atoms with van der Waals surface area (Å²) in [6, 6.07) is 14.7. The summed E-state index contributed by atoms with van der Waals surface area (Å²) in [6.07, 6.45) is 4.22. The summed E-state index contributed by atoms with van der Waals surface area (Å²) in [5.74, 6) is 0.476. The summed E-state index contributed by atoms with van der Waals surface area (Å²) in [6.45, 7) is 2.12. The molecule has 1 saturated heterocycles. The van der Waals surface area contributed by atoms with E-state index in [1.165, 1.54) is 10.4 Å². The van der Waals surface area contributed by atoms with E-state index in [1.54, 1.807) is 11.3 Å². The maximum absolute atomic E-state index is 12.8. The largest absolute Gasteiger partial charge is 0.348 e. The molecule has 2 atom stereocenters. The Balaban J connectivity index is 1.45. The van der Waals surface area contributed by atoms with Gasteiger partial charge in [-0.05, 0) is 61.2 Å². The average molecular weight is 340 g/mol. The van der Waals surface area contributed by atoms with Gasteiger partial charge in [0.15, 0.2) is 0 Å². The lowest BCUT2D eigenvalue weighted by Crippen LogP contribution is -2.35. The van der Waals surface area contributed by atoms with Gasteiger partial charge >= 0.3 is 0 Å². The molecule has 1 spiro atoms. The van der Waals surface area contributed by atoms with E-state index in [4.69, 9.17) is 0 Å². The van der Waals surface area contributed by atoms with Crippen molar-refractivity contribution in [1.29, 1.82) is 0 Å². The molecule has 2 aliphatic rings. The van der Waals surface area contributed by atoms with Gasteiger partial charge in [-0.1, -0.05) is 36.4 Å². The van der Waals surface area contributed by atoms with Crippen LogP contribution in [0.5, 0.6) is 0 Å². The van der Waals surface area contributed by atoms with Crippen molar-refractivity contribution >= 4 is 17.2 Å². The van der Waals surface area contributed by atoms with Crippen LogP contribution in [-0.4, -0.2) is 19.0 Å². The molecule has 2 aromatic rings. The fourth-order valence-corrected chi connectivity index (χ4v) is 4.81. The normalized spacial score (nSPS) is 22.9. The number of carbonyl (C=O) groups is 1. The summed E-state index contributed by atoms with van der Waals surface area (Å²) in [4.78, 5) is 14.1. The molecule has 4 heteroatoms. The molecule has 1 aromatic heterocycles. The molecule has 2 heterocycles. The topological polar surface area (TPSA) is 41.1 Å². The van der Waals surface area contributed by atoms with Crippen molar-refractivity contribution in [3.63, 3.8) is 0 Å². The van der Waals surface area contributed by atoms with E-state index in [-0.39, 0.29) is 17.9 Å². The molecule has 4 rings (SSSR count). The lowest BCUT2D eigenvalue weighted by atomic mass is 9.91. The first-order chi connectivity index (χ1) is 11.8. The maximum Gasteiger partial charge on any atom is 0.224 e. The van der Waals surface area contributed by atoms with Crippen LogP contribution in [0, 0.1) is 11.3 Å². The molecule has 1 amide bonds. The molecule has 1 aliphatic heterocycles. The average Bonchev–Trinajstić information content (AvgIpc) is 3.06. The molecule has 2 N–H and O–H groups in total. The zero-order valence-corrected chi connectivity index (χ0v) is 14.6. The first kappa shape index (κ1) is 15.9. The zero-order valence-electron chi connectivity index (χ0n) is 13.8. The van der Waals surface area contributed by atoms with Gasteiger partial charge in [0.1, 0.15) is 0 Å². The van der Waals surface area contributed by atoms with Crippen molar-refractivity contribution in [2.45, 2.75) is 31.7 Å². The van der Waals surface area contributed by atoms with Crippen LogP contribution < -0.4 is 10.6 Å². The van der Waals surface area contributed by atoms with Crippen LogP contribution >= 0.6 is 11.3 Å². The number of piperidine rings is 1. The van der Waals surface area contributed by atoms with Crippen molar-refractivity contribution < 1.29 is 4.79 Å². The van der Waals surface area contributed by atoms with Gasteiger partial charge in [0, 0.05) is 10.8 Å². The van der Waals surface area contributed by atoms with Gasteiger partial charge in [-0.15, -0.1) is 11.3 Å². The fraction of sp³-hybridized carbons (Fsp3) is 0.450. The van der Waals surface area contributed by atoms with Gasteiger partial charge in [-0.3, -0.25) is 4.79 Å². The van der Waals surface area contributed by atoms with Crippen molar-refractivity contribution in [3.05, 3.63) is 58.3 Å². The van der Waals surface area contributed by atoms with E-state index < -0.39 is 0 Å². The first-order valence-corrected chi connectivity index (χ1v) is 9.73. The highest BCUT2D eigenvalue weighted by Crippen LogP contribution is 2.58. The molecule has 1 saturated carbocycles. The first-order valence-electron chi connectivity index (χ1n) is 8.85. The molecule has 1 aromatic carbocycles. The molecule has 24 heavy (non-hydrogen) atoms. The molecule has 3 nitrogen and oxygen atoms in total. The molecule has 1 aliphatic carbocycles. The Bertz CT molecular complexity index is 677. The number of hydrogen-bond acceptors (Lipinski definition) is 3. The monoisotopic (exact) mass is 340 g/mol. The Morgan fingerprint density at radius 3 is 2.71 bits per heavy atom. The van der Waals surface area contributed by atoms with Gasteiger partial charge in [0.05, 0.1) is 6.04 Å². The third kappa shape index (κ3) is 3.26. The SMILES string of the molecule is O=C(NC(Cc1ccccc1)c1cccs1)C1CC12CCNCC2. The standard InChI is InChI=1S/C20H24N2OS/c23-19(16-14-20(16)8-10-21-11-9-20)22-17(18-7-4-12-24-18)13-15-5-2-1-3-6-15/h1-7,12,16-17,21H,8-11,13-14H2,(H,22,23). The highest BCUT2D eigenvalue weighted by Gasteiger charge is 2.57.